The van der Waals surface area contributed by atoms with Crippen molar-refractivity contribution in [2.45, 2.75) is 62.7 Å². The van der Waals surface area contributed by atoms with Crippen LogP contribution in [0.4, 0.5) is 61.2 Å². The zero-order chi connectivity index (χ0) is 31.8. The van der Waals surface area contributed by atoms with Gasteiger partial charge in [0.05, 0.1) is 11.3 Å². The average Bonchev–Trinajstić information content (AvgIpc) is 3.20. The van der Waals surface area contributed by atoms with E-state index in [4.69, 9.17) is 0 Å². The zero-order valence-electron chi connectivity index (χ0n) is 22.0. The molecule has 0 unspecified atom stereocenters. The van der Waals surface area contributed by atoms with Crippen molar-refractivity contribution in [2.24, 2.45) is 0 Å². The highest BCUT2D eigenvalue weighted by molar-refractivity contribution is 6.08. The van der Waals surface area contributed by atoms with E-state index in [9.17, 15) is 54.0 Å². The number of nitriles is 1. The number of carbonyl (C=O) groups is 1. The van der Waals surface area contributed by atoms with Crippen LogP contribution in [-0.2, 0) is 12.4 Å². The van der Waals surface area contributed by atoms with Crippen LogP contribution in [-0.4, -0.2) is 64.3 Å². The second-order valence-electron chi connectivity index (χ2n) is 10.0. The minimum atomic E-state index is -5.33. The van der Waals surface area contributed by atoms with Crippen LogP contribution < -0.4 is 15.1 Å². The van der Waals surface area contributed by atoms with Gasteiger partial charge >= 0.3 is 12.4 Å². The van der Waals surface area contributed by atoms with Crippen LogP contribution in [0.5, 0.6) is 0 Å². The Bertz CT molecular complexity index is 1410. The van der Waals surface area contributed by atoms with Gasteiger partial charge in [-0.25, -0.2) is 17.6 Å². The van der Waals surface area contributed by atoms with Crippen LogP contribution >= 0.6 is 0 Å². The van der Waals surface area contributed by atoms with E-state index in [-0.39, 0.29) is 32.0 Å². The Labute approximate surface area is 236 Å². The first-order valence-corrected chi connectivity index (χ1v) is 12.8. The molecule has 2 fully saturated rings. The molecule has 0 aromatic carbocycles. The van der Waals surface area contributed by atoms with Gasteiger partial charge in [-0.05, 0) is 18.9 Å². The first kappa shape index (κ1) is 31.9. The lowest BCUT2D eigenvalue weighted by molar-refractivity contribution is -0.142. The number of hydrogen-bond acceptors (Lipinski definition) is 8. The van der Waals surface area contributed by atoms with Crippen molar-refractivity contribution in [1.82, 2.24) is 20.4 Å². The first-order chi connectivity index (χ1) is 19.9. The number of amides is 1. The van der Waals surface area contributed by atoms with Gasteiger partial charge in [0.2, 0.25) is 11.8 Å². The van der Waals surface area contributed by atoms with Gasteiger partial charge < -0.3 is 15.1 Å². The standard InChI is InChI=1S/C24H22F10N8O/c25-21(26)3-1-7-41(9-5-21)18-13(11-15(37-39-18)23(29,30)31)20(43)36-16-14(12-35)19(40-38-17(16)24(32,33)34)42-8-2-4-22(27,28)6-10-42/h11H,1-10H2,(H,36,40,43). The van der Waals surface area contributed by atoms with E-state index in [0.717, 1.165) is 9.80 Å². The smallest absolute Gasteiger partial charge is 0.354 e. The SMILES string of the molecule is N#Cc1c(N2CCCC(F)(F)CC2)nnc(C(F)(F)F)c1NC(=O)c1cc(C(F)(F)F)nnc1N1CCCC(F)(F)CC1. The predicted octanol–water partition coefficient (Wildman–Crippen LogP) is 5.68. The summed E-state index contributed by atoms with van der Waals surface area (Å²) in [6, 6.07) is 1.66. The molecule has 2 aromatic rings. The average molecular weight is 628 g/mol. The third kappa shape index (κ3) is 7.33. The summed E-state index contributed by atoms with van der Waals surface area (Å²) in [5, 5.41) is 24.5. The zero-order valence-corrected chi connectivity index (χ0v) is 22.0. The molecule has 19 heteroatoms. The Hall–Kier alpha value is -3.98. The Balaban J connectivity index is 1.80. The number of hydrogen-bond donors (Lipinski definition) is 1. The fourth-order valence-corrected chi connectivity index (χ4v) is 4.73. The highest BCUT2D eigenvalue weighted by Gasteiger charge is 2.42. The van der Waals surface area contributed by atoms with E-state index in [1.807, 2.05) is 0 Å². The first-order valence-electron chi connectivity index (χ1n) is 12.8. The molecule has 0 radical (unpaired) electrons. The summed E-state index contributed by atoms with van der Waals surface area (Å²) in [5.41, 5.74) is -6.74. The number of halogens is 10. The van der Waals surface area contributed by atoms with Gasteiger partial charge in [-0.3, -0.25) is 4.79 Å². The van der Waals surface area contributed by atoms with Crippen molar-refractivity contribution in [3.63, 3.8) is 0 Å². The van der Waals surface area contributed by atoms with Gasteiger partial charge in [0, 0.05) is 51.9 Å². The van der Waals surface area contributed by atoms with E-state index in [0.29, 0.717) is 0 Å². The molecular weight excluding hydrogens is 606 g/mol. The molecular formula is C24H22F10N8O. The minimum Gasteiger partial charge on any atom is -0.354 e. The third-order valence-corrected chi connectivity index (χ3v) is 6.92. The fraction of sp³-hybridized carbons (Fsp3) is 0.583. The van der Waals surface area contributed by atoms with Crippen molar-refractivity contribution in [3.8, 4) is 6.07 Å². The minimum absolute atomic E-state index is 0.122. The van der Waals surface area contributed by atoms with Crippen LogP contribution in [0, 0.1) is 11.3 Å². The lowest BCUT2D eigenvalue weighted by Gasteiger charge is -2.25. The highest BCUT2D eigenvalue weighted by atomic mass is 19.4. The summed E-state index contributed by atoms with van der Waals surface area (Å²) < 4.78 is 138. The molecule has 0 bridgehead atoms. The van der Waals surface area contributed by atoms with Gasteiger partial charge in [0.15, 0.2) is 23.0 Å². The van der Waals surface area contributed by atoms with Gasteiger partial charge in [0.25, 0.3) is 5.91 Å². The molecule has 4 rings (SSSR count). The topological polar surface area (TPSA) is 111 Å². The molecule has 234 valence electrons. The second kappa shape index (κ2) is 11.6. The van der Waals surface area contributed by atoms with Crippen molar-refractivity contribution < 1.29 is 48.7 Å². The van der Waals surface area contributed by atoms with Crippen molar-refractivity contribution in [3.05, 3.63) is 28.6 Å². The van der Waals surface area contributed by atoms with Crippen LogP contribution in [0.15, 0.2) is 6.07 Å². The van der Waals surface area contributed by atoms with Crippen LogP contribution in [0.25, 0.3) is 0 Å². The van der Waals surface area contributed by atoms with E-state index in [1.54, 1.807) is 5.32 Å². The lowest BCUT2D eigenvalue weighted by atomic mass is 10.1. The van der Waals surface area contributed by atoms with E-state index in [1.165, 1.54) is 6.07 Å². The molecule has 43 heavy (non-hydrogen) atoms. The normalized spacial score (nSPS) is 19.3. The quantitative estimate of drug-likeness (QED) is 0.431. The summed E-state index contributed by atoms with van der Waals surface area (Å²) in [4.78, 5) is 15.5. The van der Waals surface area contributed by atoms with Crippen molar-refractivity contribution >= 4 is 23.2 Å². The Morgan fingerprint density at radius 1 is 0.791 bits per heavy atom. The number of nitrogens with zero attached hydrogens (tertiary/aromatic N) is 7. The largest absolute Gasteiger partial charge is 0.437 e. The number of carbonyl (C=O) groups excluding carboxylic acids is 1. The summed E-state index contributed by atoms with van der Waals surface area (Å²) in [5.74, 6) is -8.98. The summed E-state index contributed by atoms with van der Waals surface area (Å²) >= 11 is 0. The third-order valence-electron chi connectivity index (χ3n) is 6.92. The molecule has 0 atom stereocenters. The molecule has 2 aliphatic rings. The molecule has 4 heterocycles. The molecule has 1 N–H and O–H groups in total. The predicted molar refractivity (Wildman–Crippen MR) is 129 cm³/mol. The Morgan fingerprint density at radius 3 is 1.84 bits per heavy atom. The highest BCUT2D eigenvalue weighted by Crippen LogP contribution is 2.40. The fourth-order valence-electron chi connectivity index (χ4n) is 4.73. The number of rotatable bonds is 4. The summed E-state index contributed by atoms with van der Waals surface area (Å²) in [6.45, 7) is -1.23. The molecule has 2 aromatic heterocycles. The van der Waals surface area contributed by atoms with E-state index in [2.05, 4.69) is 20.4 Å². The van der Waals surface area contributed by atoms with E-state index < -0.39 is 109 Å². The van der Waals surface area contributed by atoms with Gasteiger partial charge in [0.1, 0.15) is 11.6 Å². The number of alkyl halides is 10. The maximum atomic E-state index is 13.9. The molecule has 0 spiro atoms. The molecule has 1 amide bonds. The monoisotopic (exact) mass is 628 g/mol. The van der Waals surface area contributed by atoms with Crippen LogP contribution in [0.1, 0.15) is 65.8 Å². The van der Waals surface area contributed by atoms with Gasteiger partial charge in [-0.2, -0.15) is 31.6 Å². The summed E-state index contributed by atoms with van der Waals surface area (Å²) in [7, 11) is 0. The Morgan fingerprint density at radius 2 is 1.33 bits per heavy atom. The molecule has 0 saturated carbocycles. The van der Waals surface area contributed by atoms with Gasteiger partial charge in [-0.1, -0.05) is 0 Å². The molecule has 0 aliphatic carbocycles. The second-order valence-corrected chi connectivity index (χ2v) is 10.0. The molecule has 9 nitrogen and oxygen atoms in total. The van der Waals surface area contributed by atoms with Crippen LogP contribution in [0.2, 0.25) is 0 Å². The lowest BCUT2D eigenvalue weighted by Crippen LogP contribution is -2.31. The van der Waals surface area contributed by atoms with Crippen LogP contribution in [0.3, 0.4) is 0 Å². The number of aromatic nitrogens is 4. The summed E-state index contributed by atoms with van der Waals surface area (Å²) in [6.07, 6.45) is -13.3. The molecule has 2 aliphatic heterocycles. The number of anilines is 3. The molecule has 2 saturated heterocycles. The maximum Gasteiger partial charge on any atom is 0.437 e. The number of nitrogens with one attached hydrogen (secondary N) is 1. The van der Waals surface area contributed by atoms with Gasteiger partial charge in [-0.15, -0.1) is 20.4 Å². The van der Waals surface area contributed by atoms with E-state index >= 15 is 0 Å². The van der Waals surface area contributed by atoms with Crippen molar-refractivity contribution in [1.29, 1.82) is 5.26 Å². The van der Waals surface area contributed by atoms with Crippen molar-refractivity contribution in [2.75, 3.05) is 41.3 Å². The Kier molecular flexibility index (Phi) is 8.62. The maximum absolute atomic E-state index is 13.9.